The lowest BCUT2D eigenvalue weighted by molar-refractivity contribution is -0.465. The van der Waals surface area contributed by atoms with E-state index in [4.69, 9.17) is 23.2 Å². The van der Waals surface area contributed by atoms with E-state index in [9.17, 15) is 13.2 Å². The third kappa shape index (κ3) is 6.91. The van der Waals surface area contributed by atoms with Gasteiger partial charge in [-0.3, -0.25) is 4.31 Å². The molecular formula is C26H31Cl2N4O3S+. The Kier molecular flexibility index (Phi) is 8.56. The van der Waals surface area contributed by atoms with Gasteiger partial charge in [0.2, 0.25) is 0 Å². The van der Waals surface area contributed by atoms with Crippen molar-refractivity contribution in [2.75, 3.05) is 16.7 Å². The van der Waals surface area contributed by atoms with Crippen LogP contribution in [0, 0.1) is 0 Å². The molecule has 2 amide bonds. The van der Waals surface area contributed by atoms with Crippen LogP contribution in [-0.4, -0.2) is 27.0 Å². The summed E-state index contributed by atoms with van der Waals surface area (Å²) in [5.74, 6) is 0. The van der Waals surface area contributed by atoms with E-state index < -0.39 is 22.1 Å². The number of benzene rings is 3. The maximum Gasteiger partial charge on any atom is 0.319 e. The molecule has 10 heteroatoms. The van der Waals surface area contributed by atoms with E-state index in [2.05, 4.69) is 30.2 Å². The number of carbonyl (C=O) groups excluding carboxylic acids is 1. The van der Waals surface area contributed by atoms with Crippen LogP contribution in [0.5, 0.6) is 0 Å². The molecule has 1 atom stereocenters. The van der Waals surface area contributed by atoms with Gasteiger partial charge in [0.1, 0.15) is 0 Å². The Morgan fingerprint density at radius 1 is 1.03 bits per heavy atom. The molecule has 0 spiro atoms. The fourth-order valence-corrected chi connectivity index (χ4v) is 5.35. The highest BCUT2D eigenvalue weighted by Crippen LogP contribution is 2.30. The van der Waals surface area contributed by atoms with Gasteiger partial charge >= 0.3 is 6.03 Å². The second-order valence-electron chi connectivity index (χ2n) is 9.47. The third-order valence-electron chi connectivity index (χ3n) is 5.55. The number of nitrogens with one attached hydrogen (secondary N) is 2. The van der Waals surface area contributed by atoms with Crippen molar-refractivity contribution in [3.05, 3.63) is 87.9 Å². The Labute approximate surface area is 222 Å². The number of hydrogen-bond donors (Lipinski definition) is 3. The van der Waals surface area contributed by atoms with Crippen molar-refractivity contribution < 1.29 is 18.9 Å². The van der Waals surface area contributed by atoms with Crippen molar-refractivity contribution in [3.63, 3.8) is 0 Å². The van der Waals surface area contributed by atoms with E-state index in [0.29, 0.717) is 27.0 Å². The van der Waals surface area contributed by atoms with Gasteiger partial charge in [-0.2, -0.15) is 0 Å². The molecule has 3 aromatic rings. The topological polar surface area (TPSA) is 106 Å². The molecule has 0 unspecified atom stereocenters. The summed E-state index contributed by atoms with van der Waals surface area (Å²) in [4.78, 5) is 12.6. The number of amides is 2. The smallest absolute Gasteiger partial charge is 0.319 e. The molecule has 36 heavy (non-hydrogen) atoms. The van der Waals surface area contributed by atoms with Crippen molar-refractivity contribution >= 4 is 50.6 Å². The van der Waals surface area contributed by atoms with E-state index >= 15 is 0 Å². The minimum absolute atomic E-state index is 0.105. The summed E-state index contributed by atoms with van der Waals surface area (Å²) >= 11 is 12.3. The summed E-state index contributed by atoms with van der Waals surface area (Å²) in [6.07, 6.45) is 0.788. The predicted molar refractivity (Wildman–Crippen MR) is 146 cm³/mol. The van der Waals surface area contributed by atoms with Crippen molar-refractivity contribution in [2.45, 2.75) is 43.7 Å². The molecule has 0 heterocycles. The van der Waals surface area contributed by atoms with Gasteiger partial charge in [0.15, 0.2) is 0 Å². The van der Waals surface area contributed by atoms with Crippen LogP contribution in [0.15, 0.2) is 71.6 Å². The van der Waals surface area contributed by atoms with Gasteiger partial charge in [-0.15, -0.1) is 0 Å². The zero-order chi connectivity index (χ0) is 26.7. The molecule has 5 N–H and O–H groups in total. The minimum atomic E-state index is -3.78. The summed E-state index contributed by atoms with van der Waals surface area (Å²) in [5, 5.41) is 6.28. The fourth-order valence-electron chi connectivity index (χ4n) is 3.68. The summed E-state index contributed by atoms with van der Waals surface area (Å²) in [7, 11) is -2.27. The molecule has 192 valence electrons. The first-order valence-electron chi connectivity index (χ1n) is 11.3. The lowest BCUT2D eigenvalue weighted by Crippen LogP contribution is -2.70. The first-order valence-corrected chi connectivity index (χ1v) is 13.5. The van der Waals surface area contributed by atoms with Gasteiger partial charge in [-0.1, -0.05) is 47.5 Å². The average Bonchev–Trinajstić information content (AvgIpc) is 2.80. The summed E-state index contributed by atoms with van der Waals surface area (Å²) in [5.41, 5.74) is 6.78. The molecule has 0 saturated carbocycles. The highest BCUT2D eigenvalue weighted by Gasteiger charge is 2.22. The number of carbonyl (C=O) groups is 1. The van der Waals surface area contributed by atoms with Crippen LogP contribution in [0.4, 0.5) is 16.2 Å². The van der Waals surface area contributed by atoms with E-state index in [-0.39, 0.29) is 10.4 Å². The Morgan fingerprint density at radius 3 is 2.22 bits per heavy atom. The van der Waals surface area contributed by atoms with Crippen molar-refractivity contribution in [2.24, 2.45) is 0 Å². The predicted octanol–water partition coefficient (Wildman–Crippen LogP) is 5.26. The number of nitrogens with zero attached hydrogens (tertiary/aromatic N) is 1. The Morgan fingerprint density at radius 2 is 1.64 bits per heavy atom. The largest absolute Gasteiger partial charge is 0.353 e. The molecule has 0 bridgehead atoms. The molecule has 7 nitrogen and oxygen atoms in total. The maximum absolute atomic E-state index is 13.1. The number of rotatable bonds is 8. The molecule has 0 aliphatic carbocycles. The van der Waals surface area contributed by atoms with Crippen molar-refractivity contribution in [3.8, 4) is 0 Å². The normalized spacial score (nSPS) is 12.6. The SMILES string of the molecule is C[C@H](NC(=O)Nc1ccc(S(=O)(=O)N(C)c2ccc(CC(C)(C)[NH3+])cc2)cc1)c1cccc(Cl)c1Cl. The Balaban J connectivity index is 1.66. The number of anilines is 2. The Bertz CT molecular complexity index is 1320. The van der Waals surface area contributed by atoms with Gasteiger partial charge in [0.25, 0.3) is 10.0 Å². The highest BCUT2D eigenvalue weighted by atomic mass is 35.5. The van der Waals surface area contributed by atoms with Crippen molar-refractivity contribution in [1.82, 2.24) is 5.32 Å². The summed E-state index contributed by atoms with van der Waals surface area (Å²) < 4.78 is 27.5. The molecule has 0 aliphatic heterocycles. The standard InChI is InChI=1S/C26H30Cl2N4O3S/c1-17(22-6-5-7-23(27)24(22)28)30-25(33)31-19-10-14-21(15-11-19)36(34,35)32(4)20-12-8-18(9-13-20)16-26(2,3)29/h5-15,17H,16,29H2,1-4H3,(H2,30,31,33)/p+1/t17-/m0/s1. The number of sulfonamides is 1. The molecular weight excluding hydrogens is 519 g/mol. The third-order valence-corrected chi connectivity index (χ3v) is 8.18. The van der Waals surface area contributed by atoms with Gasteiger partial charge in [0, 0.05) is 19.2 Å². The second kappa shape index (κ2) is 11.1. The number of urea groups is 1. The lowest BCUT2D eigenvalue weighted by atomic mass is 9.96. The second-order valence-corrected chi connectivity index (χ2v) is 12.2. The van der Waals surface area contributed by atoms with E-state index in [0.717, 1.165) is 12.0 Å². The van der Waals surface area contributed by atoms with Crippen LogP contribution in [0.3, 0.4) is 0 Å². The highest BCUT2D eigenvalue weighted by molar-refractivity contribution is 7.92. The molecule has 3 rings (SSSR count). The maximum atomic E-state index is 13.1. The summed E-state index contributed by atoms with van der Waals surface area (Å²) in [6.45, 7) is 5.89. The molecule has 3 aromatic carbocycles. The van der Waals surface area contributed by atoms with E-state index in [1.807, 2.05) is 12.1 Å². The monoisotopic (exact) mass is 549 g/mol. The quantitative estimate of drug-likeness (QED) is 0.356. The Hall–Kier alpha value is -2.78. The molecule has 0 radical (unpaired) electrons. The van der Waals surface area contributed by atoms with E-state index in [1.165, 1.54) is 35.6 Å². The zero-order valence-corrected chi connectivity index (χ0v) is 23.0. The van der Waals surface area contributed by atoms with Crippen LogP contribution in [0.2, 0.25) is 10.0 Å². The first kappa shape index (κ1) is 27.8. The van der Waals surface area contributed by atoms with Crippen molar-refractivity contribution in [1.29, 1.82) is 0 Å². The van der Waals surface area contributed by atoms with Gasteiger partial charge < -0.3 is 16.4 Å². The van der Waals surface area contributed by atoms with Gasteiger partial charge in [-0.05, 0) is 74.4 Å². The first-order chi connectivity index (χ1) is 16.8. The fraction of sp³-hybridized carbons (Fsp3) is 0.269. The van der Waals surface area contributed by atoms with E-state index in [1.54, 1.807) is 37.3 Å². The summed E-state index contributed by atoms with van der Waals surface area (Å²) in [6, 6.07) is 17.7. The van der Waals surface area contributed by atoms with Crippen LogP contribution >= 0.6 is 23.2 Å². The molecule has 0 saturated heterocycles. The van der Waals surface area contributed by atoms with Crippen LogP contribution in [0.25, 0.3) is 0 Å². The molecule has 0 fully saturated rings. The van der Waals surface area contributed by atoms with Crippen LogP contribution in [-0.2, 0) is 16.4 Å². The number of halogens is 2. The van der Waals surface area contributed by atoms with Gasteiger partial charge in [0.05, 0.1) is 32.2 Å². The zero-order valence-electron chi connectivity index (χ0n) is 20.7. The minimum Gasteiger partial charge on any atom is -0.353 e. The van der Waals surface area contributed by atoms with Crippen LogP contribution < -0.4 is 20.7 Å². The number of quaternary nitrogens is 1. The van der Waals surface area contributed by atoms with Crippen LogP contribution in [0.1, 0.15) is 37.9 Å². The number of hydrogen-bond acceptors (Lipinski definition) is 3. The molecule has 0 aromatic heterocycles. The molecule has 0 aliphatic rings. The van der Waals surface area contributed by atoms with Gasteiger partial charge in [-0.25, -0.2) is 13.2 Å². The average molecular weight is 551 g/mol. The lowest BCUT2D eigenvalue weighted by Gasteiger charge is -2.21.